The SMILES string of the molecule is NC(=S)C1(C(=O)N2CC3CCC(C2)O3)CC1. The molecule has 0 aromatic rings. The van der Waals surface area contributed by atoms with E-state index in [1.165, 1.54) is 0 Å². The minimum absolute atomic E-state index is 0.139. The quantitative estimate of drug-likeness (QED) is 0.712. The minimum Gasteiger partial charge on any atom is -0.392 e. The summed E-state index contributed by atoms with van der Waals surface area (Å²) in [5.41, 5.74) is 5.18. The number of thiocarbonyl (C=S) groups is 1. The Hall–Kier alpha value is -0.680. The van der Waals surface area contributed by atoms with Gasteiger partial charge in [-0.3, -0.25) is 4.79 Å². The van der Waals surface area contributed by atoms with Gasteiger partial charge in [-0.15, -0.1) is 0 Å². The number of likely N-dealkylation sites (tertiary alicyclic amines) is 1. The van der Waals surface area contributed by atoms with Crippen LogP contribution in [-0.2, 0) is 9.53 Å². The molecular formula is C11H16N2O2S. The van der Waals surface area contributed by atoms with E-state index in [2.05, 4.69) is 0 Å². The first kappa shape index (κ1) is 10.5. The maximum atomic E-state index is 12.3. The molecule has 2 atom stereocenters. The third kappa shape index (κ3) is 1.45. The largest absolute Gasteiger partial charge is 0.392 e. The number of amides is 1. The molecule has 2 unspecified atom stereocenters. The predicted octanol–water partition coefficient (Wildman–Crippen LogP) is 0.442. The summed E-state index contributed by atoms with van der Waals surface area (Å²) in [5.74, 6) is 0.139. The van der Waals surface area contributed by atoms with Gasteiger partial charge in [-0.05, 0) is 25.7 Å². The molecule has 0 aromatic carbocycles. The van der Waals surface area contributed by atoms with Gasteiger partial charge in [0.25, 0.3) is 0 Å². The van der Waals surface area contributed by atoms with Gasteiger partial charge < -0.3 is 15.4 Å². The van der Waals surface area contributed by atoms with Crippen LogP contribution in [-0.4, -0.2) is 41.1 Å². The first-order valence-corrected chi connectivity index (χ1v) is 6.27. The van der Waals surface area contributed by atoms with Crippen molar-refractivity contribution in [1.82, 2.24) is 4.90 Å². The Kier molecular flexibility index (Phi) is 2.23. The highest BCUT2D eigenvalue weighted by Gasteiger charge is 2.55. The highest BCUT2D eigenvalue weighted by Crippen LogP contribution is 2.48. The zero-order valence-electron chi connectivity index (χ0n) is 9.15. The second-order valence-electron chi connectivity index (χ2n) is 5.11. The Bertz CT molecular complexity index is 342. The maximum Gasteiger partial charge on any atom is 0.235 e. The van der Waals surface area contributed by atoms with E-state index in [4.69, 9.17) is 22.7 Å². The van der Waals surface area contributed by atoms with Crippen LogP contribution in [0.1, 0.15) is 25.7 Å². The van der Waals surface area contributed by atoms with Gasteiger partial charge >= 0.3 is 0 Å². The van der Waals surface area contributed by atoms with E-state index < -0.39 is 5.41 Å². The summed E-state index contributed by atoms with van der Waals surface area (Å²) < 4.78 is 5.71. The number of nitrogens with two attached hydrogens (primary N) is 1. The van der Waals surface area contributed by atoms with Crippen molar-refractivity contribution in [2.45, 2.75) is 37.9 Å². The van der Waals surface area contributed by atoms with E-state index in [1.54, 1.807) is 0 Å². The number of nitrogens with zero attached hydrogens (tertiary/aromatic N) is 1. The number of hydrogen-bond acceptors (Lipinski definition) is 3. The summed E-state index contributed by atoms with van der Waals surface area (Å²) >= 11 is 5.01. The molecule has 88 valence electrons. The predicted molar refractivity (Wildman–Crippen MR) is 62.9 cm³/mol. The number of morpholine rings is 1. The normalized spacial score (nSPS) is 34.9. The lowest BCUT2D eigenvalue weighted by molar-refractivity contribution is -0.143. The highest BCUT2D eigenvalue weighted by atomic mass is 32.1. The topological polar surface area (TPSA) is 55.6 Å². The first-order chi connectivity index (χ1) is 7.62. The van der Waals surface area contributed by atoms with E-state index in [0.717, 1.165) is 38.8 Å². The summed E-state index contributed by atoms with van der Waals surface area (Å²) in [6.07, 6.45) is 4.29. The van der Waals surface area contributed by atoms with Crippen molar-refractivity contribution < 1.29 is 9.53 Å². The van der Waals surface area contributed by atoms with E-state index in [9.17, 15) is 4.79 Å². The van der Waals surface area contributed by atoms with Crippen molar-refractivity contribution in [1.29, 1.82) is 0 Å². The van der Waals surface area contributed by atoms with Gasteiger partial charge in [0.05, 0.1) is 22.6 Å². The van der Waals surface area contributed by atoms with Crippen LogP contribution in [0, 0.1) is 5.41 Å². The lowest BCUT2D eigenvalue weighted by Crippen LogP contribution is -2.50. The van der Waals surface area contributed by atoms with Crippen LogP contribution in [0.5, 0.6) is 0 Å². The Balaban J connectivity index is 1.74. The standard InChI is InChI=1S/C11H16N2O2S/c12-9(16)11(3-4-11)10(14)13-5-7-1-2-8(6-13)15-7/h7-8H,1-6H2,(H2,12,16). The molecule has 3 aliphatic rings. The van der Waals surface area contributed by atoms with Crippen molar-refractivity contribution >= 4 is 23.1 Å². The third-order valence-electron chi connectivity index (χ3n) is 3.96. The first-order valence-electron chi connectivity index (χ1n) is 5.86. The molecule has 5 heteroatoms. The number of rotatable bonds is 2. The number of ether oxygens (including phenoxy) is 1. The summed E-state index contributed by atoms with van der Waals surface area (Å²) in [7, 11) is 0. The van der Waals surface area contributed by atoms with Gasteiger partial charge in [-0.2, -0.15) is 0 Å². The fraction of sp³-hybridized carbons (Fsp3) is 0.818. The van der Waals surface area contributed by atoms with Crippen molar-refractivity contribution in [2.75, 3.05) is 13.1 Å². The molecule has 3 rings (SSSR count). The summed E-state index contributed by atoms with van der Waals surface area (Å²) in [5, 5.41) is 0. The van der Waals surface area contributed by atoms with Crippen molar-refractivity contribution in [2.24, 2.45) is 11.1 Å². The van der Waals surface area contributed by atoms with Crippen molar-refractivity contribution in [3.63, 3.8) is 0 Å². The van der Waals surface area contributed by atoms with Gasteiger partial charge in [0.2, 0.25) is 5.91 Å². The zero-order valence-corrected chi connectivity index (χ0v) is 9.96. The molecule has 2 heterocycles. The van der Waals surface area contributed by atoms with Gasteiger partial charge in [0.15, 0.2) is 0 Å². The molecule has 4 nitrogen and oxygen atoms in total. The van der Waals surface area contributed by atoms with Gasteiger partial charge in [-0.25, -0.2) is 0 Å². The molecule has 16 heavy (non-hydrogen) atoms. The number of hydrogen-bond donors (Lipinski definition) is 1. The van der Waals surface area contributed by atoms with Gasteiger partial charge in [-0.1, -0.05) is 12.2 Å². The Morgan fingerprint density at radius 1 is 1.31 bits per heavy atom. The van der Waals surface area contributed by atoms with Crippen LogP contribution in [0.3, 0.4) is 0 Å². The summed E-state index contributed by atoms with van der Waals surface area (Å²) in [6, 6.07) is 0. The monoisotopic (exact) mass is 240 g/mol. The summed E-state index contributed by atoms with van der Waals surface area (Å²) in [6.45, 7) is 1.44. The molecule has 0 aromatic heterocycles. The number of fused-ring (bicyclic) bond motifs is 2. The molecule has 0 radical (unpaired) electrons. The zero-order chi connectivity index (χ0) is 11.3. The molecular weight excluding hydrogens is 224 g/mol. The molecule has 1 amide bonds. The van der Waals surface area contributed by atoms with Crippen LogP contribution < -0.4 is 5.73 Å². The second-order valence-corrected chi connectivity index (χ2v) is 5.55. The summed E-state index contributed by atoms with van der Waals surface area (Å²) in [4.78, 5) is 14.6. The lowest BCUT2D eigenvalue weighted by Gasteiger charge is -2.34. The van der Waals surface area contributed by atoms with E-state index >= 15 is 0 Å². The molecule has 1 aliphatic carbocycles. The third-order valence-corrected chi connectivity index (χ3v) is 4.35. The molecule has 1 saturated carbocycles. The Morgan fingerprint density at radius 3 is 2.31 bits per heavy atom. The minimum atomic E-state index is -0.494. The van der Waals surface area contributed by atoms with E-state index in [0.29, 0.717) is 4.99 Å². The van der Waals surface area contributed by atoms with E-state index in [-0.39, 0.29) is 18.1 Å². The fourth-order valence-corrected chi connectivity index (χ4v) is 3.07. The molecule has 3 fully saturated rings. The van der Waals surface area contributed by atoms with Gasteiger partial charge in [0, 0.05) is 13.1 Å². The smallest absolute Gasteiger partial charge is 0.235 e. The van der Waals surface area contributed by atoms with Crippen LogP contribution >= 0.6 is 12.2 Å². The fourth-order valence-electron chi connectivity index (χ4n) is 2.77. The number of carbonyl (C=O) groups is 1. The van der Waals surface area contributed by atoms with Crippen molar-refractivity contribution in [3.05, 3.63) is 0 Å². The Labute approximate surface area is 100 Å². The molecule has 0 spiro atoms. The molecule has 2 aliphatic heterocycles. The van der Waals surface area contributed by atoms with Crippen molar-refractivity contribution in [3.8, 4) is 0 Å². The number of carbonyl (C=O) groups excluding carboxylic acids is 1. The average molecular weight is 240 g/mol. The molecule has 2 saturated heterocycles. The highest BCUT2D eigenvalue weighted by molar-refractivity contribution is 7.80. The average Bonchev–Trinajstić information content (AvgIpc) is 3.01. The van der Waals surface area contributed by atoms with Crippen LogP contribution in [0.2, 0.25) is 0 Å². The lowest BCUT2D eigenvalue weighted by atomic mass is 10.0. The molecule has 2 bridgehead atoms. The maximum absolute atomic E-state index is 12.3. The van der Waals surface area contributed by atoms with Gasteiger partial charge in [0.1, 0.15) is 0 Å². The van der Waals surface area contributed by atoms with Crippen LogP contribution in [0.25, 0.3) is 0 Å². The molecule has 2 N–H and O–H groups in total. The van der Waals surface area contributed by atoms with E-state index in [1.807, 2.05) is 4.90 Å². The Morgan fingerprint density at radius 2 is 1.88 bits per heavy atom. The second kappa shape index (κ2) is 3.40. The van der Waals surface area contributed by atoms with Crippen LogP contribution in [0.4, 0.5) is 0 Å². The van der Waals surface area contributed by atoms with Crippen LogP contribution in [0.15, 0.2) is 0 Å².